The number of benzene rings is 1. The molecule has 0 aromatic heterocycles. The van der Waals surface area contributed by atoms with Crippen LogP contribution in [0.5, 0.6) is 0 Å². The van der Waals surface area contributed by atoms with Gasteiger partial charge >= 0.3 is 0 Å². The second kappa shape index (κ2) is 6.93. The highest BCUT2D eigenvalue weighted by atomic mass is 15.2. The van der Waals surface area contributed by atoms with Crippen LogP contribution in [-0.4, -0.2) is 31.1 Å². The highest BCUT2D eigenvalue weighted by molar-refractivity contribution is 5.26. The second-order valence-electron chi connectivity index (χ2n) is 7.34. The molecule has 2 rings (SSSR count). The van der Waals surface area contributed by atoms with Crippen LogP contribution in [0.3, 0.4) is 0 Å². The molecule has 1 heterocycles. The smallest absolute Gasteiger partial charge is 0.0473 e. The summed E-state index contributed by atoms with van der Waals surface area (Å²) < 4.78 is 0. The molecule has 1 aromatic rings. The van der Waals surface area contributed by atoms with Crippen molar-refractivity contribution in [1.29, 1.82) is 0 Å². The molecule has 2 atom stereocenters. The van der Waals surface area contributed by atoms with Crippen LogP contribution >= 0.6 is 0 Å². The van der Waals surface area contributed by atoms with E-state index in [4.69, 9.17) is 0 Å². The molecule has 21 heavy (non-hydrogen) atoms. The molecule has 1 N–H and O–H groups in total. The molecule has 0 radical (unpaired) electrons. The zero-order valence-corrected chi connectivity index (χ0v) is 14.4. The lowest BCUT2D eigenvalue weighted by Crippen LogP contribution is -2.49. The minimum Gasteiger partial charge on any atom is -0.312 e. The van der Waals surface area contributed by atoms with Gasteiger partial charge in [0, 0.05) is 18.6 Å². The van der Waals surface area contributed by atoms with Crippen molar-refractivity contribution in [3.63, 3.8) is 0 Å². The molecule has 1 aromatic carbocycles. The number of rotatable bonds is 5. The van der Waals surface area contributed by atoms with Gasteiger partial charge in [-0.25, -0.2) is 0 Å². The molecule has 0 aliphatic carbocycles. The SMILES string of the molecule is CCc1ccc(C(NC)C(C)N2CCCC(C)(C)C2)cc1. The Balaban J connectivity index is 2.11. The molecule has 2 heteroatoms. The highest BCUT2D eigenvalue weighted by Crippen LogP contribution is 2.32. The number of likely N-dealkylation sites (tertiary alicyclic amines) is 1. The Kier molecular flexibility index (Phi) is 5.45. The molecule has 1 fully saturated rings. The zero-order valence-electron chi connectivity index (χ0n) is 14.4. The van der Waals surface area contributed by atoms with Gasteiger partial charge in [0.25, 0.3) is 0 Å². The van der Waals surface area contributed by atoms with E-state index in [0.29, 0.717) is 17.5 Å². The van der Waals surface area contributed by atoms with Gasteiger partial charge in [-0.15, -0.1) is 0 Å². The summed E-state index contributed by atoms with van der Waals surface area (Å²) in [7, 11) is 2.09. The molecule has 1 aliphatic rings. The highest BCUT2D eigenvalue weighted by Gasteiger charge is 2.32. The maximum atomic E-state index is 3.54. The number of nitrogens with one attached hydrogen (secondary N) is 1. The number of hydrogen-bond donors (Lipinski definition) is 1. The fourth-order valence-electron chi connectivity index (χ4n) is 3.67. The van der Waals surface area contributed by atoms with Crippen LogP contribution in [0.15, 0.2) is 24.3 Å². The first-order chi connectivity index (χ1) is 9.96. The minimum atomic E-state index is 0.407. The lowest BCUT2D eigenvalue weighted by molar-refractivity contribution is 0.0693. The standard InChI is InChI=1S/C19H32N2/c1-6-16-8-10-17(11-9-16)18(20-5)15(2)21-13-7-12-19(3,4)14-21/h8-11,15,18,20H,6-7,12-14H2,1-5H3. The predicted molar refractivity (Wildman–Crippen MR) is 91.7 cm³/mol. The average molecular weight is 288 g/mol. The Morgan fingerprint density at radius 3 is 2.43 bits per heavy atom. The summed E-state index contributed by atoms with van der Waals surface area (Å²) in [5.41, 5.74) is 3.28. The Hall–Kier alpha value is -0.860. The fraction of sp³-hybridized carbons (Fsp3) is 0.684. The summed E-state index contributed by atoms with van der Waals surface area (Å²) in [6.07, 6.45) is 3.79. The van der Waals surface area contributed by atoms with Gasteiger partial charge in [0.05, 0.1) is 0 Å². The Bertz CT molecular complexity index is 435. The Morgan fingerprint density at radius 2 is 1.90 bits per heavy atom. The normalized spacial score (nSPS) is 22.0. The van der Waals surface area contributed by atoms with E-state index in [2.05, 4.69) is 69.2 Å². The number of piperidine rings is 1. The van der Waals surface area contributed by atoms with E-state index >= 15 is 0 Å². The van der Waals surface area contributed by atoms with Crippen molar-refractivity contribution in [2.75, 3.05) is 20.1 Å². The van der Waals surface area contributed by atoms with Gasteiger partial charge in [-0.3, -0.25) is 4.90 Å². The van der Waals surface area contributed by atoms with E-state index in [1.807, 2.05) is 0 Å². The van der Waals surface area contributed by atoms with Crippen LogP contribution < -0.4 is 5.32 Å². The van der Waals surface area contributed by atoms with Gasteiger partial charge in [-0.05, 0) is 56.3 Å². The van der Waals surface area contributed by atoms with Crippen LogP contribution in [0.25, 0.3) is 0 Å². The quantitative estimate of drug-likeness (QED) is 0.880. The molecule has 1 aliphatic heterocycles. The molecule has 0 amide bonds. The molecule has 2 nitrogen and oxygen atoms in total. The summed E-state index contributed by atoms with van der Waals surface area (Å²) in [5.74, 6) is 0. The van der Waals surface area contributed by atoms with Crippen molar-refractivity contribution in [3.8, 4) is 0 Å². The summed E-state index contributed by atoms with van der Waals surface area (Å²) >= 11 is 0. The first kappa shape index (κ1) is 16.5. The van der Waals surface area contributed by atoms with Crippen LogP contribution in [0.1, 0.15) is 57.7 Å². The molecule has 2 unspecified atom stereocenters. The van der Waals surface area contributed by atoms with E-state index in [9.17, 15) is 0 Å². The van der Waals surface area contributed by atoms with Gasteiger partial charge in [-0.1, -0.05) is 45.0 Å². The van der Waals surface area contributed by atoms with E-state index in [0.717, 1.165) is 6.42 Å². The average Bonchev–Trinajstić information content (AvgIpc) is 2.47. The molecular formula is C19H32N2. The third-order valence-corrected chi connectivity index (χ3v) is 5.05. The van der Waals surface area contributed by atoms with Crippen LogP contribution in [0.2, 0.25) is 0 Å². The van der Waals surface area contributed by atoms with Crippen molar-refractivity contribution >= 4 is 0 Å². The molecule has 0 saturated carbocycles. The van der Waals surface area contributed by atoms with E-state index < -0.39 is 0 Å². The number of likely N-dealkylation sites (N-methyl/N-ethyl adjacent to an activating group) is 1. The second-order valence-corrected chi connectivity index (χ2v) is 7.34. The van der Waals surface area contributed by atoms with Crippen molar-refractivity contribution in [3.05, 3.63) is 35.4 Å². The van der Waals surface area contributed by atoms with Gasteiger partial charge in [0.2, 0.25) is 0 Å². The zero-order chi connectivity index (χ0) is 15.5. The third kappa shape index (κ3) is 4.08. The van der Waals surface area contributed by atoms with Gasteiger partial charge in [0.15, 0.2) is 0 Å². The van der Waals surface area contributed by atoms with Gasteiger partial charge in [0.1, 0.15) is 0 Å². The van der Waals surface area contributed by atoms with E-state index in [1.54, 1.807) is 0 Å². The lowest BCUT2D eigenvalue weighted by atomic mass is 9.83. The van der Waals surface area contributed by atoms with Crippen molar-refractivity contribution in [1.82, 2.24) is 10.2 Å². The maximum absolute atomic E-state index is 3.54. The Morgan fingerprint density at radius 1 is 1.24 bits per heavy atom. The first-order valence-electron chi connectivity index (χ1n) is 8.47. The maximum Gasteiger partial charge on any atom is 0.0473 e. The van der Waals surface area contributed by atoms with Crippen LogP contribution in [-0.2, 0) is 6.42 Å². The molecular weight excluding hydrogens is 256 g/mol. The van der Waals surface area contributed by atoms with Crippen molar-refractivity contribution < 1.29 is 0 Å². The summed E-state index contributed by atoms with van der Waals surface area (Å²) in [5, 5.41) is 3.54. The van der Waals surface area contributed by atoms with Crippen molar-refractivity contribution in [2.45, 2.75) is 59.0 Å². The monoisotopic (exact) mass is 288 g/mol. The van der Waals surface area contributed by atoms with Crippen molar-refractivity contribution in [2.24, 2.45) is 5.41 Å². The van der Waals surface area contributed by atoms with Crippen LogP contribution in [0, 0.1) is 5.41 Å². The number of nitrogens with zero attached hydrogens (tertiary/aromatic N) is 1. The topological polar surface area (TPSA) is 15.3 Å². The minimum absolute atomic E-state index is 0.407. The number of hydrogen-bond acceptors (Lipinski definition) is 2. The van der Waals surface area contributed by atoms with Gasteiger partial charge < -0.3 is 5.32 Å². The largest absolute Gasteiger partial charge is 0.312 e. The predicted octanol–water partition coefficient (Wildman–Crippen LogP) is 4.02. The molecule has 118 valence electrons. The molecule has 0 bridgehead atoms. The van der Waals surface area contributed by atoms with Gasteiger partial charge in [-0.2, -0.15) is 0 Å². The lowest BCUT2D eigenvalue weighted by Gasteiger charge is -2.43. The van der Waals surface area contributed by atoms with E-state index in [-0.39, 0.29) is 0 Å². The molecule has 0 spiro atoms. The Labute approximate surface area is 130 Å². The summed E-state index contributed by atoms with van der Waals surface area (Å²) in [6, 6.07) is 10.1. The third-order valence-electron chi connectivity index (χ3n) is 5.05. The van der Waals surface area contributed by atoms with E-state index in [1.165, 1.54) is 37.1 Å². The fourth-order valence-corrected chi connectivity index (χ4v) is 3.67. The van der Waals surface area contributed by atoms with Crippen LogP contribution in [0.4, 0.5) is 0 Å². The summed E-state index contributed by atoms with van der Waals surface area (Å²) in [4.78, 5) is 2.67. The first-order valence-corrected chi connectivity index (χ1v) is 8.47. The summed E-state index contributed by atoms with van der Waals surface area (Å²) in [6.45, 7) is 11.8. The molecule has 1 saturated heterocycles. The number of aryl methyl sites for hydroxylation is 1.